The van der Waals surface area contributed by atoms with Gasteiger partial charge < -0.3 is 29.6 Å². The molecule has 0 aliphatic rings. The molecule has 14 heteroatoms. The standard InChI is InChI=1S/C3H6O2.CH5O4P.CH5O3P.H3O2P/c1-2-3(4)5;1-5-6(2,3)4;1-5(2,3)4;1-3-2/h2H2,1H3,(H,4,5);1H3,(H2,2,3,4);1H3,(H2,2,3,4);3H2,(H,1,2). The highest BCUT2D eigenvalue weighted by molar-refractivity contribution is 7.50. The third-order valence-electron chi connectivity index (χ3n) is 0.540. The van der Waals surface area contributed by atoms with E-state index in [0.717, 1.165) is 13.8 Å². The fraction of sp³-hybridized carbons (Fsp3) is 0.800. The van der Waals surface area contributed by atoms with Gasteiger partial charge in [-0.1, -0.05) is 6.92 Å². The van der Waals surface area contributed by atoms with E-state index in [9.17, 15) is 13.9 Å². The molecule has 0 aliphatic carbocycles. The first-order valence-electron chi connectivity index (χ1n) is 4.19. The molecule has 6 N–H and O–H groups in total. The molecule has 19 heavy (non-hydrogen) atoms. The topological polar surface area (TPSA) is 199 Å². The lowest BCUT2D eigenvalue weighted by atomic mass is 10.5. The van der Waals surface area contributed by atoms with Crippen LogP contribution in [0, 0.1) is 0 Å². The molecular formula is C5H19O11P3. The molecule has 0 rings (SSSR count). The number of carbonyl (C=O) groups is 1. The van der Waals surface area contributed by atoms with Crippen molar-refractivity contribution >= 4 is 30.1 Å². The van der Waals surface area contributed by atoms with Crippen molar-refractivity contribution in [3.05, 3.63) is 0 Å². The molecule has 0 heterocycles. The van der Waals surface area contributed by atoms with Gasteiger partial charge in [-0.3, -0.25) is 18.4 Å². The summed E-state index contributed by atoms with van der Waals surface area (Å²) in [7, 11) is -8.34. The predicted octanol–water partition coefficient (Wildman–Crippen LogP) is -0.350. The van der Waals surface area contributed by atoms with Crippen LogP contribution >= 0.6 is 24.1 Å². The van der Waals surface area contributed by atoms with E-state index in [1.165, 1.54) is 0 Å². The predicted molar refractivity (Wildman–Crippen MR) is 67.6 cm³/mol. The molecule has 0 saturated heterocycles. The van der Waals surface area contributed by atoms with Crippen LogP contribution in [0.3, 0.4) is 0 Å². The Morgan fingerprint density at radius 1 is 1.21 bits per heavy atom. The fourth-order valence-corrected chi connectivity index (χ4v) is 0. The normalized spacial score (nSPS) is 10.3. The number of phosphoric ester groups is 1. The van der Waals surface area contributed by atoms with Crippen LogP contribution in [0.1, 0.15) is 13.3 Å². The third kappa shape index (κ3) is 188. The Morgan fingerprint density at radius 3 is 1.32 bits per heavy atom. The second-order valence-electron chi connectivity index (χ2n) is 2.36. The van der Waals surface area contributed by atoms with Gasteiger partial charge in [0.05, 0.1) is 0 Å². The van der Waals surface area contributed by atoms with E-state index in [4.69, 9.17) is 34.1 Å². The molecule has 0 aromatic heterocycles. The molecule has 0 saturated carbocycles. The maximum absolute atomic E-state index is 9.47. The van der Waals surface area contributed by atoms with Crippen LogP contribution in [-0.2, 0) is 23.0 Å². The van der Waals surface area contributed by atoms with Gasteiger partial charge in [-0.2, -0.15) is 0 Å². The lowest BCUT2D eigenvalue weighted by molar-refractivity contribution is -0.136. The minimum absolute atomic E-state index is 0.222. The average Bonchev–Trinajstić information content (AvgIpc) is 2.16. The molecule has 11 nitrogen and oxygen atoms in total. The smallest absolute Gasteiger partial charge is 0.469 e. The molecule has 0 radical (unpaired) electrons. The largest absolute Gasteiger partial charge is 0.481 e. The third-order valence-corrected chi connectivity index (χ3v) is 1.02. The van der Waals surface area contributed by atoms with Crippen LogP contribution in [0.2, 0.25) is 0 Å². The molecule has 0 aromatic rings. The quantitative estimate of drug-likeness (QED) is 0.356. The number of carboxylic acids is 1. The number of carboxylic acid groups (broad SMARTS) is 1. The number of phosphoric acid groups is 1. The van der Waals surface area contributed by atoms with E-state index < -0.39 is 30.1 Å². The number of aliphatic carboxylic acids is 1. The summed E-state index contributed by atoms with van der Waals surface area (Å²) >= 11 is 0. The summed E-state index contributed by atoms with van der Waals surface area (Å²) in [4.78, 5) is 47.2. The van der Waals surface area contributed by atoms with E-state index in [2.05, 4.69) is 4.52 Å². The van der Waals surface area contributed by atoms with Crippen LogP contribution in [0.25, 0.3) is 0 Å². The van der Waals surface area contributed by atoms with Gasteiger partial charge in [-0.15, -0.1) is 0 Å². The fourth-order valence-electron chi connectivity index (χ4n) is 0. The highest BCUT2D eigenvalue weighted by Crippen LogP contribution is 2.33. The summed E-state index contributed by atoms with van der Waals surface area (Å²) in [6, 6.07) is 0. The molecule has 0 spiro atoms. The molecule has 0 aliphatic heterocycles. The van der Waals surface area contributed by atoms with Crippen molar-refractivity contribution in [1.82, 2.24) is 0 Å². The Kier molecular flexibility index (Phi) is 22.9. The maximum atomic E-state index is 9.47. The first-order chi connectivity index (χ1) is 8.24. The summed E-state index contributed by atoms with van der Waals surface area (Å²) in [5.74, 6) is -0.745. The van der Waals surface area contributed by atoms with Gasteiger partial charge in [0.1, 0.15) is 0 Å². The van der Waals surface area contributed by atoms with E-state index in [1.807, 2.05) is 0 Å². The Bertz CT molecular complexity index is 295. The maximum Gasteiger partial charge on any atom is 0.469 e. The zero-order valence-electron chi connectivity index (χ0n) is 10.4. The molecule has 0 fully saturated rings. The molecule has 1 atom stereocenters. The molecule has 0 aromatic carbocycles. The van der Waals surface area contributed by atoms with Crippen molar-refractivity contribution in [2.24, 2.45) is 0 Å². The lowest BCUT2D eigenvalue weighted by Crippen LogP contribution is -1.86. The van der Waals surface area contributed by atoms with Crippen LogP contribution in [0.4, 0.5) is 0 Å². The summed E-state index contributed by atoms with van der Waals surface area (Å²) in [5.41, 5.74) is 0. The number of hydrogen-bond donors (Lipinski definition) is 6. The first-order valence-corrected chi connectivity index (χ1v) is 8.76. The van der Waals surface area contributed by atoms with E-state index in [-0.39, 0.29) is 6.42 Å². The first kappa shape index (κ1) is 27.3. The monoisotopic (exact) mass is 348 g/mol. The van der Waals surface area contributed by atoms with Gasteiger partial charge in [-0.25, -0.2) is 4.57 Å². The summed E-state index contributed by atoms with van der Waals surface area (Å²) in [6.07, 6.45) is 0.222. The number of rotatable bonds is 2. The van der Waals surface area contributed by atoms with Crippen molar-refractivity contribution in [1.29, 1.82) is 0 Å². The second-order valence-corrected chi connectivity index (χ2v) is 5.59. The minimum atomic E-state index is -4.15. The lowest BCUT2D eigenvalue weighted by Gasteiger charge is -1.93. The minimum Gasteiger partial charge on any atom is -0.481 e. The van der Waals surface area contributed by atoms with Crippen LogP contribution < -0.4 is 0 Å². The zero-order chi connectivity index (χ0) is 16.7. The molecular weight excluding hydrogens is 329 g/mol. The Balaban J connectivity index is -0.0000000811. The Morgan fingerprint density at radius 2 is 1.32 bits per heavy atom. The second kappa shape index (κ2) is 16.0. The van der Waals surface area contributed by atoms with E-state index >= 15 is 0 Å². The highest BCUT2D eigenvalue weighted by atomic mass is 31.2. The highest BCUT2D eigenvalue weighted by Gasteiger charge is 2.07. The van der Waals surface area contributed by atoms with Crippen molar-refractivity contribution < 1.29 is 52.6 Å². The van der Waals surface area contributed by atoms with Crippen LogP contribution in [0.5, 0.6) is 0 Å². The molecule has 0 amide bonds. The summed E-state index contributed by atoms with van der Waals surface area (Å²) in [5, 5.41) is 7.72. The van der Waals surface area contributed by atoms with Crippen molar-refractivity contribution in [3.63, 3.8) is 0 Å². The van der Waals surface area contributed by atoms with Gasteiger partial charge in [0.25, 0.3) is 0 Å². The molecule has 1 unspecified atom stereocenters. The molecule has 120 valence electrons. The van der Waals surface area contributed by atoms with Gasteiger partial charge in [-0.05, 0) is 0 Å². The van der Waals surface area contributed by atoms with Gasteiger partial charge in [0, 0.05) is 20.2 Å². The van der Waals surface area contributed by atoms with Gasteiger partial charge in [0.15, 0.2) is 8.69 Å². The van der Waals surface area contributed by atoms with E-state index in [1.54, 1.807) is 6.92 Å². The van der Waals surface area contributed by atoms with Crippen LogP contribution in [0.15, 0.2) is 0 Å². The van der Waals surface area contributed by atoms with Crippen molar-refractivity contribution in [2.75, 3.05) is 13.8 Å². The summed E-state index contributed by atoms with van der Waals surface area (Å²) in [6.45, 7) is 2.45. The Hall–Kier alpha value is -0.0800. The number of hydrogen-bond acceptors (Lipinski definition) is 5. The molecule has 0 bridgehead atoms. The summed E-state index contributed by atoms with van der Waals surface area (Å²) < 4.78 is 31.0. The zero-order valence-corrected chi connectivity index (χ0v) is 13.3. The van der Waals surface area contributed by atoms with Crippen molar-refractivity contribution in [3.8, 4) is 0 Å². The van der Waals surface area contributed by atoms with E-state index in [0.29, 0.717) is 0 Å². The van der Waals surface area contributed by atoms with Gasteiger partial charge >= 0.3 is 21.4 Å². The SMILES string of the molecule is CCC(=O)O.COP(=O)(O)O.CP(=O)(O)O.O=[PH2]O. The van der Waals surface area contributed by atoms with Crippen molar-refractivity contribution in [2.45, 2.75) is 13.3 Å². The van der Waals surface area contributed by atoms with Crippen LogP contribution in [-0.4, -0.2) is 49.3 Å². The van der Waals surface area contributed by atoms with Gasteiger partial charge in [0.2, 0.25) is 0 Å². The average molecular weight is 348 g/mol. The Labute approximate surface area is 110 Å².